The molecule has 0 atom stereocenters. The van der Waals surface area contributed by atoms with Gasteiger partial charge in [0.2, 0.25) is 0 Å². The largest absolute Gasteiger partial charge is 0.351 e. The smallest absolute Gasteiger partial charge is 0.177 e. The fraction of sp³-hybridized carbons (Fsp3) is 0.444. The van der Waals surface area contributed by atoms with E-state index in [9.17, 15) is 0 Å². The number of nitrogens with zero attached hydrogens (tertiary/aromatic N) is 3. The van der Waals surface area contributed by atoms with E-state index in [2.05, 4.69) is 22.2 Å². The van der Waals surface area contributed by atoms with Crippen LogP contribution in [0.1, 0.15) is 24.8 Å². The topological polar surface area (TPSA) is 49.2 Å². The van der Waals surface area contributed by atoms with Crippen LogP contribution in [0.5, 0.6) is 0 Å². The SMILES string of the molecule is C(#CC1CC1)c1ccc(-c2cn(CC3OCCCO3)nn2)cc1. The predicted octanol–water partition coefficient (Wildman–Crippen LogP) is 2.47. The Morgan fingerprint density at radius 1 is 1.13 bits per heavy atom. The van der Waals surface area contributed by atoms with E-state index in [4.69, 9.17) is 9.47 Å². The van der Waals surface area contributed by atoms with Crippen molar-refractivity contribution in [3.63, 3.8) is 0 Å². The van der Waals surface area contributed by atoms with Crippen molar-refractivity contribution in [2.24, 2.45) is 5.92 Å². The third kappa shape index (κ3) is 3.79. The molecule has 0 unspecified atom stereocenters. The summed E-state index contributed by atoms with van der Waals surface area (Å²) in [5.74, 6) is 7.12. The van der Waals surface area contributed by atoms with Gasteiger partial charge in [0.25, 0.3) is 0 Å². The number of ether oxygens (including phenoxy) is 2. The van der Waals surface area contributed by atoms with Gasteiger partial charge in [-0.3, -0.25) is 0 Å². The van der Waals surface area contributed by atoms with Crippen LogP contribution in [0.3, 0.4) is 0 Å². The lowest BCUT2D eigenvalue weighted by Crippen LogP contribution is -2.29. The van der Waals surface area contributed by atoms with E-state index < -0.39 is 0 Å². The summed E-state index contributed by atoms with van der Waals surface area (Å²) >= 11 is 0. The monoisotopic (exact) mass is 309 g/mol. The van der Waals surface area contributed by atoms with Crippen molar-refractivity contribution in [1.82, 2.24) is 15.0 Å². The summed E-state index contributed by atoms with van der Waals surface area (Å²) in [7, 11) is 0. The van der Waals surface area contributed by atoms with Gasteiger partial charge in [-0.05, 0) is 31.4 Å². The van der Waals surface area contributed by atoms with Crippen LogP contribution >= 0.6 is 0 Å². The Kier molecular flexibility index (Phi) is 4.10. The highest BCUT2D eigenvalue weighted by Gasteiger charge is 2.18. The molecular weight excluding hydrogens is 290 g/mol. The fourth-order valence-corrected chi connectivity index (χ4v) is 2.45. The van der Waals surface area contributed by atoms with Gasteiger partial charge in [0.15, 0.2) is 6.29 Å². The Morgan fingerprint density at radius 3 is 2.65 bits per heavy atom. The molecule has 1 saturated carbocycles. The van der Waals surface area contributed by atoms with Crippen LogP contribution in [0, 0.1) is 17.8 Å². The Labute approximate surface area is 135 Å². The van der Waals surface area contributed by atoms with Crippen LogP contribution in [0.15, 0.2) is 30.5 Å². The summed E-state index contributed by atoms with van der Waals surface area (Å²) in [6, 6.07) is 8.16. The second-order valence-electron chi connectivity index (χ2n) is 5.97. The Balaban J connectivity index is 1.42. The van der Waals surface area contributed by atoms with E-state index in [-0.39, 0.29) is 6.29 Å². The molecule has 1 aliphatic heterocycles. The van der Waals surface area contributed by atoms with Crippen molar-refractivity contribution in [3.05, 3.63) is 36.0 Å². The first-order valence-corrected chi connectivity index (χ1v) is 8.12. The van der Waals surface area contributed by atoms with Gasteiger partial charge >= 0.3 is 0 Å². The van der Waals surface area contributed by atoms with Gasteiger partial charge in [-0.1, -0.05) is 29.2 Å². The van der Waals surface area contributed by atoms with Gasteiger partial charge in [-0.2, -0.15) is 0 Å². The van der Waals surface area contributed by atoms with Crippen LogP contribution in [-0.4, -0.2) is 34.5 Å². The van der Waals surface area contributed by atoms with Crippen molar-refractivity contribution in [2.45, 2.75) is 32.1 Å². The lowest BCUT2D eigenvalue weighted by Gasteiger charge is -2.22. The summed E-state index contributed by atoms with van der Waals surface area (Å²) in [5, 5.41) is 8.39. The van der Waals surface area contributed by atoms with Crippen molar-refractivity contribution in [2.75, 3.05) is 13.2 Å². The maximum atomic E-state index is 5.54. The highest BCUT2D eigenvalue weighted by Crippen LogP contribution is 2.27. The number of benzene rings is 1. The van der Waals surface area contributed by atoms with Gasteiger partial charge in [0.1, 0.15) is 5.69 Å². The zero-order valence-electron chi connectivity index (χ0n) is 12.9. The van der Waals surface area contributed by atoms with E-state index in [1.165, 1.54) is 12.8 Å². The van der Waals surface area contributed by atoms with Crippen LogP contribution in [0.4, 0.5) is 0 Å². The highest BCUT2D eigenvalue weighted by atomic mass is 16.7. The first kappa shape index (κ1) is 14.4. The molecule has 0 amide bonds. The molecule has 0 spiro atoms. The first-order chi connectivity index (χ1) is 11.4. The molecule has 1 saturated heterocycles. The summed E-state index contributed by atoms with van der Waals surface area (Å²) < 4.78 is 12.8. The quantitative estimate of drug-likeness (QED) is 0.817. The average molecular weight is 309 g/mol. The van der Waals surface area contributed by atoms with Gasteiger partial charge < -0.3 is 9.47 Å². The Bertz CT molecular complexity index is 717. The molecule has 23 heavy (non-hydrogen) atoms. The molecule has 1 aliphatic carbocycles. The molecule has 1 aromatic heterocycles. The lowest BCUT2D eigenvalue weighted by atomic mass is 10.1. The van der Waals surface area contributed by atoms with Crippen LogP contribution in [0.25, 0.3) is 11.3 Å². The maximum Gasteiger partial charge on any atom is 0.177 e. The van der Waals surface area contributed by atoms with Gasteiger partial charge in [-0.15, -0.1) is 5.10 Å². The third-order valence-electron chi connectivity index (χ3n) is 3.95. The predicted molar refractivity (Wildman–Crippen MR) is 85.4 cm³/mol. The molecule has 2 heterocycles. The molecule has 2 aliphatic rings. The molecule has 2 fully saturated rings. The third-order valence-corrected chi connectivity index (χ3v) is 3.95. The van der Waals surface area contributed by atoms with Crippen LogP contribution in [0.2, 0.25) is 0 Å². The summed E-state index contributed by atoms with van der Waals surface area (Å²) in [6.07, 6.45) is 5.16. The molecule has 1 aromatic carbocycles. The van der Waals surface area contributed by atoms with E-state index >= 15 is 0 Å². The Hall–Kier alpha value is -2.16. The minimum atomic E-state index is -0.224. The number of rotatable bonds is 3. The standard InChI is InChI=1S/C18H19N3O2/c1-10-22-18(23-11-1)13-21-12-17(19-20-21)16-8-6-15(7-9-16)5-4-14-2-3-14/h6-9,12,14,18H,1-3,10-11,13H2. The van der Waals surface area contributed by atoms with Gasteiger partial charge in [-0.25, -0.2) is 4.68 Å². The molecule has 0 bridgehead atoms. The molecule has 4 rings (SSSR count). The molecule has 0 N–H and O–H groups in total. The van der Waals surface area contributed by atoms with Crippen molar-refractivity contribution in [1.29, 1.82) is 0 Å². The summed E-state index contributed by atoms with van der Waals surface area (Å²) in [6.45, 7) is 2.06. The molecule has 118 valence electrons. The highest BCUT2D eigenvalue weighted by molar-refractivity contribution is 5.59. The summed E-state index contributed by atoms with van der Waals surface area (Å²) in [4.78, 5) is 0. The normalized spacial score (nSPS) is 18.4. The van der Waals surface area contributed by atoms with Crippen molar-refractivity contribution < 1.29 is 9.47 Å². The van der Waals surface area contributed by atoms with Crippen LogP contribution < -0.4 is 0 Å². The number of aromatic nitrogens is 3. The fourth-order valence-electron chi connectivity index (χ4n) is 2.45. The molecule has 5 nitrogen and oxygen atoms in total. The lowest BCUT2D eigenvalue weighted by molar-refractivity contribution is -0.185. The van der Waals surface area contributed by atoms with E-state index in [1.807, 2.05) is 30.5 Å². The van der Waals surface area contributed by atoms with E-state index in [0.717, 1.165) is 36.5 Å². The van der Waals surface area contributed by atoms with Crippen molar-refractivity contribution in [3.8, 4) is 23.1 Å². The Morgan fingerprint density at radius 2 is 1.91 bits per heavy atom. The maximum absolute atomic E-state index is 5.54. The van der Waals surface area contributed by atoms with E-state index in [1.54, 1.807) is 4.68 Å². The van der Waals surface area contributed by atoms with E-state index in [0.29, 0.717) is 12.5 Å². The van der Waals surface area contributed by atoms with Crippen LogP contribution in [-0.2, 0) is 16.0 Å². The molecule has 0 radical (unpaired) electrons. The zero-order chi connectivity index (χ0) is 15.5. The number of hydrogen-bond donors (Lipinski definition) is 0. The average Bonchev–Trinajstić information content (AvgIpc) is 3.32. The van der Waals surface area contributed by atoms with Crippen molar-refractivity contribution >= 4 is 0 Å². The van der Waals surface area contributed by atoms with Gasteiger partial charge in [0.05, 0.1) is 26.0 Å². The second-order valence-corrected chi connectivity index (χ2v) is 5.97. The minimum absolute atomic E-state index is 0.224. The van der Waals surface area contributed by atoms with Gasteiger partial charge in [0, 0.05) is 17.0 Å². The molecule has 2 aromatic rings. The zero-order valence-corrected chi connectivity index (χ0v) is 12.9. The molecule has 5 heteroatoms. The second kappa shape index (κ2) is 6.53. The number of hydrogen-bond acceptors (Lipinski definition) is 4. The first-order valence-electron chi connectivity index (χ1n) is 8.12. The summed E-state index contributed by atoms with van der Waals surface area (Å²) in [5.41, 5.74) is 2.94. The minimum Gasteiger partial charge on any atom is -0.351 e. The molecular formula is C18H19N3O2.